The van der Waals surface area contributed by atoms with E-state index in [1.807, 2.05) is 20.8 Å². The third-order valence-electron chi connectivity index (χ3n) is 5.42. The molecule has 1 fully saturated rings. The number of nitrogens with one attached hydrogen (secondary N) is 1. The average molecular weight is 374 g/mol. The lowest BCUT2D eigenvalue weighted by molar-refractivity contribution is 0.0309. The normalized spacial score (nSPS) is 18.9. The summed E-state index contributed by atoms with van der Waals surface area (Å²) in [7, 11) is -1.92. The zero-order valence-corrected chi connectivity index (χ0v) is 18.5. The Hall–Kier alpha value is -0.633. The number of hydrogen-bond donors (Lipinski definition) is 2. The fraction of sp³-hybridized carbons (Fsp3) is 0.944. The van der Waals surface area contributed by atoms with Crippen LogP contribution in [0.3, 0.4) is 0 Å². The standard InChI is InChI=1S/C18H39N3O3Si/c1-17(2,3)21(16(22)23)15(13-20-11-9-19-10-12-20)14-24-25(7,8)18(4,5)6/h15,19H,9-14H2,1-8H3,(H,22,23)/t15-/m1/s1. The molecule has 1 heterocycles. The first kappa shape index (κ1) is 22.4. The molecule has 1 rings (SSSR count). The molecular formula is C18H39N3O3Si. The van der Waals surface area contributed by atoms with E-state index in [-0.39, 0.29) is 11.1 Å². The first-order valence-electron chi connectivity index (χ1n) is 9.35. The lowest BCUT2D eigenvalue weighted by Crippen LogP contribution is -2.59. The van der Waals surface area contributed by atoms with Gasteiger partial charge in [0.05, 0.1) is 12.6 Å². The highest BCUT2D eigenvalue weighted by Gasteiger charge is 2.40. The number of rotatable bonds is 6. The summed E-state index contributed by atoms with van der Waals surface area (Å²) in [6.07, 6.45) is -0.869. The number of amides is 1. The predicted octanol–water partition coefficient (Wildman–Crippen LogP) is 3.06. The Bertz CT molecular complexity index is 438. The zero-order valence-electron chi connectivity index (χ0n) is 17.5. The molecule has 0 aromatic rings. The van der Waals surface area contributed by atoms with Crippen LogP contribution in [0.5, 0.6) is 0 Å². The van der Waals surface area contributed by atoms with Crippen LogP contribution in [0.2, 0.25) is 18.1 Å². The van der Waals surface area contributed by atoms with E-state index in [0.29, 0.717) is 6.61 Å². The first-order valence-corrected chi connectivity index (χ1v) is 12.3. The molecule has 0 radical (unpaired) electrons. The summed E-state index contributed by atoms with van der Waals surface area (Å²) in [4.78, 5) is 15.9. The summed E-state index contributed by atoms with van der Waals surface area (Å²) in [6.45, 7) is 21.9. The van der Waals surface area contributed by atoms with E-state index in [4.69, 9.17) is 4.43 Å². The molecule has 1 aliphatic heterocycles. The second-order valence-electron chi connectivity index (χ2n) is 9.60. The molecule has 0 saturated carbocycles. The summed E-state index contributed by atoms with van der Waals surface area (Å²) in [5, 5.41) is 13.3. The van der Waals surface area contributed by atoms with Crippen molar-refractivity contribution in [2.75, 3.05) is 39.3 Å². The zero-order chi connectivity index (χ0) is 19.5. The van der Waals surface area contributed by atoms with Crippen molar-refractivity contribution in [1.82, 2.24) is 15.1 Å². The maximum atomic E-state index is 12.0. The Balaban J connectivity index is 2.95. The van der Waals surface area contributed by atoms with E-state index in [1.165, 1.54) is 0 Å². The summed E-state index contributed by atoms with van der Waals surface area (Å²) in [6, 6.07) is -0.162. The maximum absolute atomic E-state index is 12.0. The van der Waals surface area contributed by atoms with Crippen LogP contribution < -0.4 is 5.32 Å². The second kappa shape index (κ2) is 8.37. The van der Waals surface area contributed by atoms with E-state index in [1.54, 1.807) is 4.90 Å². The van der Waals surface area contributed by atoms with Crippen molar-refractivity contribution in [1.29, 1.82) is 0 Å². The summed E-state index contributed by atoms with van der Waals surface area (Å²) in [5.41, 5.74) is -0.457. The molecule has 25 heavy (non-hydrogen) atoms. The molecule has 0 aromatic heterocycles. The Kier molecular flexibility index (Phi) is 7.50. The van der Waals surface area contributed by atoms with Gasteiger partial charge in [-0.15, -0.1) is 0 Å². The van der Waals surface area contributed by atoms with E-state index in [2.05, 4.69) is 44.1 Å². The van der Waals surface area contributed by atoms with Gasteiger partial charge in [-0.05, 0) is 38.9 Å². The topological polar surface area (TPSA) is 65.0 Å². The summed E-state index contributed by atoms with van der Waals surface area (Å²) in [5.74, 6) is 0. The molecule has 0 aromatic carbocycles. The number of carbonyl (C=O) groups is 1. The van der Waals surface area contributed by atoms with Crippen molar-refractivity contribution in [2.45, 2.75) is 71.3 Å². The van der Waals surface area contributed by atoms with Gasteiger partial charge in [0.2, 0.25) is 0 Å². The van der Waals surface area contributed by atoms with Crippen molar-refractivity contribution >= 4 is 14.4 Å². The van der Waals surface area contributed by atoms with Crippen LogP contribution in [0, 0.1) is 0 Å². The van der Waals surface area contributed by atoms with Crippen LogP contribution in [0.25, 0.3) is 0 Å². The average Bonchev–Trinajstić information content (AvgIpc) is 2.42. The smallest absolute Gasteiger partial charge is 0.408 e. The Morgan fingerprint density at radius 3 is 2.12 bits per heavy atom. The highest BCUT2D eigenvalue weighted by Crippen LogP contribution is 2.37. The highest BCUT2D eigenvalue weighted by molar-refractivity contribution is 6.74. The lowest BCUT2D eigenvalue weighted by atomic mass is 10.0. The van der Waals surface area contributed by atoms with Gasteiger partial charge in [0.1, 0.15) is 0 Å². The van der Waals surface area contributed by atoms with Gasteiger partial charge in [-0.3, -0.25) is 9.80 Å². The molecule has 0 aliphatic carbocycles. The molecule has 1 amide bonds. The van der Waals surface area contributed by atoms with Crippen molar-refractivity contribution in [3.63, 3.8) is 0 Å². The molecule has 7 heteroatoms. The van der Waals surface area contributed by atoms with Gasteiger partial charge < -0.3 is 14.8 Å². The van der Waals surface area contributed by atoms with E-state index < -0.39 is 19.9 Å². The van der Waals surface area contributed by atoms with Gasteiger partial charge in [0.15, 0.2) is 8.32 Å². The van der Waals surface area contributed by atoms with Crippen LogP contribution in [0.1, 0.15) is 41.5 Å². The van der Waals surface area contributed by atoms with E-state index in [0.717, 1.165) is 32.7 Å². The van der Waals surface area contributed by atoms with Gasteiger partial charge >= 0.3 is 6.09 Å². The number of piperazine rings is 1. The van der Waals surface area contributed by atoms with Crippen LogP contribution in [-0.4, -0.2) is 80.2 Å². The molecule has 1 aliphatic rings. The van der Waals surface area contributed by atoms with Crippen molar-refractivity contribution in [2.24, 2.45) is 0 Å². The van der Waals surface area contributed by atoms with Crippen LogP contribution in [0.4, 0.5) is 4.79 Å². The number of carboxylic acid groups (broad SMARTS) is 1. The fourth-order valence-corrected chi connectivity index (χ4v) is 3.95. The van der Waals surface area contributed by atoms with Crippen molar-refractivity contribution in [3.8, 4) is 0 Å². The first-order chi connectivity index (χ1) is 11.3. The molecule has 0 unspecified atom stereocenters. The third kappa shape index (κ3) is 6.55. The van der Waals surface area contributed by atoms with Gasteiger partial charge in [0.25, 0.3) is 0 Å². The number of nitrogens with zero attached hydrogens (tertiary/aromatic N) is 2. The second-order valence-corrected chi connectivity index (χ2v) is 14.4. The predicted molar refractivity (Wildman–Crippen MR) is 106 cm³/mol. The largest absolute Gasteiger partial charge is 0.465 e. The molecule has 0 bridgehead atoms. The highest BCUT2D eigenvalue weighted by atomic mass is 28.4. The molecular weight excluding hydrogens is 334 g/mol. The van der Waals surface area contributed by atoms with Gasteiger partial charge in [-0.1, -0.05) is 20.8 Å². The van der Waals surface area contributed by atoms with Crippen LogP contribution >= 0.6 is 0 Å². The molecule has 6 nitrogen and oxygen atoms in total. The van der Waals surface area contributed by atoms with E-state index >= 15 is 0 Å². The van der Waals surface area contributed by atoms with Crippen molar-refractivity contribution < 1.29 is 14.3 Å². The third-order valence-corrected chi connectivity index (χ3v) is 9.92. The maximum Gasteiger partial charge on any atom is 0.408 e. The SMILES string of the molecule is CC(C)(C)N(C(=O)O)[C@@H](CO[Si](C)(C)C(C)(C)C)CN1CCNCC1. The molecule has 1 atom stereocenters. The summed E-state index contributed by atoms with van der Waals surface area (Å²) < 4.78 is 6.42. The molecule has 148 valence electrons. The van der Waals surface area contributed by atoms with Gasteiger partial charge in [-0.25, -0.2) is 4.79 Å². The van der Waals surface area contributed by atoms with Crippen molar-refractivity contribution in [3.05, 3.63) is 0 Å². The molecule has 1 saturated heterocycles. The fourth-order valence-electron chi connectivity index (χ4n) is 2.91. The Labute approximate surface area is 155 Å². The monoisotopic (exact) mass is 373 g/mol. The quantitative estimate of drug-likeness (QED) is 0.701. The lowest BCUT2D eigenvalue weighted by Gasteiger charge is -2.44. The minimum atomic E-state index is -1.92. The molecule has 2 N–H and O–H groups in total. The minimum absolute atomic E-state index is 0.113. The van der Waals surface area contributed by atoms with E-state index in [9.17, 15) is 9.90 Å². The molecule has 0 spiro atoms. The Morgan fingerprint density at radius 1 is 1.20 bits per heavy atom. The Morgan fingerprint density at radius 2 is 1.72 bits per heavy atom. The van der Waals surface area contributed by atoms with Crippen LogP contribution in [0.15, 0.2) is 0 Å². The number of hydrogen-bond acceptors (Lipinski definition) is 4. The minimum Gasteiger partial charge on any atom is -0.465 e. The van der Waals surface area contributed by atoms with Crippen LogP contribution in [-0.2, 0) is 4.43 Å². The van der Waals surface area contributed by atoms with Gasteiger partial charge in [-0.2, -0.15) is 0 Å². The summed E-state index contributed by atoms with van der Waals surface area (Å²) >= 11 is 0. The van der Waals surface area contributed by atoms with Gasteiger partial charge in [0, 0.05) is 38.3 Å².